The fourth-order valence-electron chi connectivity index (χ4n) is 2.44. The van der Waals surface area contributed by atoms with E-state index in [1.54, 1.807) is 37.4 Å². The topological polar surface area (TPSA) is 83.4 Å². The van der Waals surface area contributed by atoms with Gasteiger partial charge < -0.3 is 5.32 Å². The molecule has 2 aromatic carbocycles. The zero-order valence-corrected chi connectivity index (χ0v) is 14.3. The van der Waals surface area contributed by atoms with Gasteiger partial charge in [0.15, 0.2) is 0 Å². The molecule has 6 heteroatoms. The number of carbonyl (C=O) groups excluding carboxylic acids is 2. The predicted octanol–water partition coefficient (Wildman–Crippen LogP) is 3.37. The first-order chi connectivity index (χ1) is 12.6. The van der Waals surface area contributed by atoms with E-state index in [0.717, 1.165) is 10.8 Å². The first-order valence-corrected chi connectivity index (χ1v) is 8.15. The van der Waals surface area contributed by atoms with Crippen LogP contribution in [0, 0.1) is 0 Å². The third-order valence-electron chi connectivity index (χ3n) is 3.71. The maximum atomic E-state index is 12.2. The fourth-order valence-corrected chi connectivity index (χ4v) is 2.44. The van der Waals surface area contributed by atoms with Gasteiger partial charge in [-0.05, 0) is 42.0 Å². The van der Waals surface area contributed by atoms with Gasteiger partial charge in [-0.15, -0.1) is 0 Å². The molecule has 1 aromatic heterocycles. The Morgan fingerprint density at radius 3 is 2.54 bits per heavy atom. The zero-order chi connectivity index (χ0) is 18.4. The van der Waals surface area contributed by atoms with Crippen molar-refractivity contribution in [2.45, 2.75) is 13.3 Å². The summed E-state index contributed by atoms with van der Waals surface area (Å²) in [5.41, 5.74) is 3.49. The van der Waals surface area contributed by atoms with E-state index in [9.17, 15) is 9.59 Å². The Morgan fingerprint density at radius 1 is 1.00 bits per heavy atom. The highest BCUT2D eigenvalue weighted by Gasteiger charge is 2.08. The lowest BCUT2D eigenvalue weighted by molar-refractivity contribution is -0.115. The minimum absolute atomic E-state index is 0.0641. The Hall–Kier alpha value is -3.54. The van der Waals surface area contributed by atoms with E-state index in [4.69, 9.17) is 0 Å². The third kappa shape index (κ3) is 4.51. The van der Waals surface area contributed by atoms with Gasteiger partial charge in [-0.1, -0.05) is 36.4 Å². The summed E-state index contributed by atoms with van der Waals surface area (Å²) in [5.74, 6) is -0.0874. The Bertz CT molecular complexity index is 968. The van der Waals surface area contributed by atoms with Gasteiger partial charge in [0.05, 0.1) is 6.42 Å². The number of aromatic nitrogens is 1. The molecule has 3 aromatic rings. The summed E-state index contributed by atoms with van der Waals surface area (Å²) in [7, 11) is 0. The molecular formula is C20H18N4O2. The zero-order valence-electron chi connectivity index (χ0n) is 14.3. The number of fused-ring (bicyclic) bond motifs is 1. The standard InChI is InChI=1S/C20H18N4O2/c1-14(12-19(25)22-18-8-4-5-11-21-18)23-24-20(26)17-10-9-15-6-2-3-7-16(15)13-17/h2-11,13H,12H2,1H3,(H,24,26)(H,21,22,25)/b23-14-. The third-order valence-corrected chi connectivity index (χ3v) is 3.71. The number of benzene rings is 2. The van der Waals surface area contributed by atoms with Crippen LogP contribution in [0.25, 0.3) is 10.8 Å². The summed E-state index contributed by atoms with van der Waals surface area (Å²) < 4.78 is 0. The molecule has 0 atom stereocenters. The molecule has 0 fully saturated rings. The molecule has 0 unspecified atom stereocenters. The molecule has 1 heterocycles. The van der Waals surface area contributed by atoms with E-state index >= 15 is 0 Å². The number of carbonyl (C=O) groups is 2. The molecule has 0 saturated heterocycles. The largest absolute Gasteiger partial charge is 0.310 e. The van der Waals surface area contributed by atoms with Crippen molar-refractivity contribution >= 4 is 34.1 Å². The number of nitrogens with zero attached hydrogens (tertiary/aromatic N) is 2. The number of hydrogen-bond acceptors (Lipinski definition) is 4. The Morgan fingerprint density at radius 2 is 1.77 bits per heavy atom. The summed E-state index contributed by atoms with van der Waals surface area (Å²) in [5, 5.41) is 8.71. The second-order valence-electron chi connectivity index (χ2n) is 5.79. The van der Waals surface area contributed by atoms with Gasteiger partial charge in [-0.3, -0.25) is 9.59 Å². The van der Waals surface area contributed by atoms with Gasteiger partial charge in [0.25, 0.3) is 5.91 Å². The summed E-state index contributed by atoms with van der Waals surface area (Å²) in [6.45, 7) is 1.68. The van der Waals surface area contributed by atoms with Crippen LogP contribution in [0.2, 0.25) is 0 Å². The summed E-state index contributed by atoms with van der Waals surface area (Å²) in [6.07, 6.45) is 1.66. The molecule has 0 saturated carbocycles. The SMILES string of the molecule is C/C(CC(=O)Nc1ccccn1)=N/NC(=O)c1ccc2ccccc2c1. The monoisotopic (exact) mass is 346 g/mol. The van der Waals surface area contributed by atoms with Crippen LogP contribution >= 0.6 is 0 Å². The van der Waals surface area contributed by atoms with Crippen molar-refractivity contribution in [2.75, 3.05) is 5.32 Å². The molecular weight excluding hydrogens is 328 g/mol. The van der Waals surface area contributed by atoms with E-state index in [1.165, 1.54) is 0 Å². The lowest BCUT2D eigenvalue weighted by Crippen LogP contribution is -2.21. The molecule has 2 amide bonds. The van der Waals surface area contributed by atoms with Crippen molar-refractivity contribution < 1.29 is 9.59 Å². The van der Waals surface area contributed by atoms with E-state index in [2.05, 4.69) is 20.8 Å². The van der Waals surface area contributed by atoms with Crippen LogP contribution in [0.3, 0.4) is 0 Å². The number of rotatable bonds is 5. The van der Waals surface area contributed by atoms with Gasteiger partial charge >= 0.3 is 0 Å². The van der Waals surface area contributed by atoms with E-state index in [1.807, 2.05) is 36.4 Å². The van der Waals surface area contributed by atoms with Crippen molar-refractivity contribution in [1.29, 1.82) is 0 Å². The fraction of sp³-hybridized carbons (Fsp3) is 0.100. The smallest absolute Gasteiger partial charge is 0.271 e. The van der Waals surface area contributed by atoms with Gasteiger partial charge in [0.1, 0.15) is 5.82 Å². The van der Waals surface area contributed by atoms with Crippen LogP contribution in [0.4, 0.5) is 5.82 Å². The number of amides is 2. The maximum Gasteiger partial charge on any atom is 0.271 e. The van der Waals surface area contributed by atoms with E-state index in [-0.39, 0.29) is 18.2 Å². The second-order valence-corrected chi connectivity index (χ2v) is 5.79. The van der Waals surface area contributed by atoms with Crippen LogP contribution in [-0.2, 0) is 4.79 Å². The first-order valence-electron chi connectivity index (χ1n) is 8.15. The average molecular weight is 346 g/mol. The summed E-state index contributed by atoms with van der Waals surface area (Å²) in [6, 6.07) is 18.5. The normalized spacial score (nSPS) is 11.2. The van der Waals surface area contributed by atoms with E-state index < -0.39 is 0 Å². The number of nitrogens with one attached hydrogen (secondary N) is 2. The van der Waals surface area contributed by atoms with Crippen molar-refractivity contribution in [2.24, 2.45) is 5.10 Å². The van der Waals surface area contributed by atoms with Crippen LogP contribution in [-0.4, -0.2) is 22.5 Å². The van der Waals surface area contributed by atoms with Crippen molar-refractivity contribution in [3.8, 4) is 0 Å². The molecule has 0 aliphatic rings. The Labute approximate surface area is 151 Å². The lowest BCUT2D eigenvalue weighted by Gasteiger charge is -2.05. The Balaban J connectivity index is 1.58. The van der Waals surface area contributed by atoms with Gasteiger partial charge in [-0.2, -0.15) is 5.10 Å². The average Bonchev–Trinajstić information content (AvgIpc) is 2.66. The maximum absolute atomic E-state index is 12.2. The predicted molar refractivity (Wildman–Crippen MR) is 102 cm³/mol. The highest BCUT2D eigenvalue weighted by Crippen LogP contribution is 2.15. The minimum Gasteiger partial charge on any atom is -0.310 e. The highest BCUT2D eigenvalue weighted by atomic mass is 16.2. The number of hydrazone groups is 1. The molecule has 0 spiro atoms. The first kappa shape index (κ1) is 17.3. The van der Waals surface area contributed by atoms with Crippen molar-refractivity contribution in [3.63, 3.8) is 0 Å². The number of anilines is 1. The molecule has 0 aliphatic heterocycles. The second kappa shape index (κ2) is 8.02. The molecule has 3 rings (SSSR count). The Kier molecular flexibility index (Phi) is 5.34. The van der Waals surface area contributed by atoms with Crippen molar-refractivity contribution in [1.82, 2.24) is 10.4 Å². The lowest BCUT2D eigenvalue weighted by atomic mass is 10.1. The summed E-state index contributed by atoms with van der Waals surface area (Å²) in [4.78, 5) is 28.2. The minimum atomic E-state index is -0.319. The van der Waals surface area contributed by atoms with Crippen LogP contribution in [0.15, 0.2) is 72.0 Å². The quantitative estimate of drug-likeness (QED) is 0.549. The van der Waals surface area contributed by atoms with Gasteiger partial charge in [0, 0.05) is 17.5 Å². The summed E-state index contributed by atoms with van der Waals surface area (Å²) >= 11 is 0. The molecule has 26 heavy (non-hydrogen) atoms. The highest BCUT2D eigenvalue weighted by molar-refractivity contribution is 6.06. The number of pyridine rings is 1. The van der Waals surface area contributed by atoms with Crippen LogP contribution in [0.5, 0.6) is 0 Å². The van der Waals surface area contributed by atoms with Gasteiger partial charge in [0.2, 0.25) is 5.91 Å². The van der Waals surface area contributed by atoms with Crippen LogP contribution < -0.4 is 10.7 Å². The molecule has 130 valence electrons. The molecule has 0 bridgehead atoms. The van der Waals surface area contributed by atoms with E-state index in [0.29, 0.717) is 17.1 Å². The van der Waals surface area contributed by atoms with Crippen LogP contribution in [0.1, 0.15) is 23.7 Å². The number of hydrogen-bond donors (Lipinski definition) is 2. The van der Waals surface area contributed by atoms with Crippen molar-refractivity contribution in [3.05, 3.63) is 72.4 Å². The molecule has 0 radical (unpaired) electrons. The molecule has 2 N–H and O–H groups in total. The van der Waals surface area contributed by atoms with Gasteiger partial charge in [-0.25, -0.2) is 10.4 Å². The molecule has 0 aliphatic carbocycles. The molecule has 6 nitrogen and oxygen atoms in total.